The van der Waals surface area contributed by atoms with Gasteiger partial charge in [-0.05, 0) is 73.9 Å². The Balaban J connectivity index is 1.53. The molecule has 0 unspecified atom stereocenters. The molecule has 0 saturated heterocycles. The molecule has 0 aliphatic carbocycles. The van der Waals surface area contributed by atoms with Crippen molar-refractivity contribution in [3.05, 3.63) is 90.0 Å². The number of hydrogen-bond donors (Lipinski definition) is 2. The highest BCUT2D eigenvalue weighted by molar-refractivity contribution is 5.73. The Kier molecular flexibility index (Phi) is 14.2. The lowest BCUT2D eigenvalue weighted by Crippen LogP contribution is -2.07. The van der Waals surface area contributed by atoms with Crippen molar-refractivity contribution in [1.29, 1.82) is 0 Å². The molecule has 0 aliphatic rings. The van der Waals surface area contributed by atoms with Gasteiger partial charge in [-0.3, -0.25) is 4.79 Å². The van der Waals surface area contributed by atoms with Crippen LogP contribution in [0, 0.1) is 0 Å². The smallest absolute Gasteiger partial charge is 0.311 e. The van der Waals surface area contributed by atoms with E-state index in [0.29, 0.717) is 17.7 Å². The van der Waals surface area contributed by atoms with E-state index in [9.17, 15) is 15.0 Å². The molecule has 192 valence electrons. The maximum atomic E-state index is 12.1. The van der Waals surface area contributed by atoms with Crippen molar-refractivity contribution in [2.45, 2.75) is 71.1 Å². The van der Waals surface area contributed by atoms with E-state index in [1.807, 2.05) is 18.2 Å². The van der Waals surface area contributed by atoms with Crippen LogP contribution in [0.15, 0.2) is 78.9 Å². The predicted molar refractivity (Wildman–Crippen MR) is 150 cm³/mol. The van der Waals surface area contributed by atoms with E-state index in [1.54, 1.807) is 30.3 Å². The number of phenolic OH excluding ortho intramolecular Hbond substituents is 2. The minimum absolute atomic E-state index is 0.0133. The first-order valence-corrected chi connectivity index (χ1v) is 13.0. The maximum Gasteiger partial charge on any atom is 0.311 e. The topological polar surface area (TPSA) is 66.8 Å². The molecule has 0 heterocycles. The van der Waals surface area contributed by atoms with E-state index in [-0.39, 0.29) is 17.5 Å². The van der Waals surface area contributed by atoms with Crippen LogP contribution in [0.25, 0.3) is 12.2 Å². The molecule has 0 atom stereocenters. The molecule has 0 amide bonds. The number of carbonyl (C=O) groups excluding carboxylic acids is 1. The second-order valence-corrected chi connectivity index (χ2v) is 8.76. The maximum absolute atomic E-state index is 12.1. The summed E-state index contributed by atoms with van der Waals surface area (Å²) in [5.41, 5.74) is 1.61. The van der Waals surface area contributed by atoms with Gasteiger partial charge in [-0.2, -0.15) is 0 Å². The van der Waals surface area contributed by atoms with E-state index in [0.717, 1.165) is 50.5 Å². The zero-order chi connectivity index (χ0) is 25.8. The van der Waals surface area contributed by atoms with Gasteiger partial charge in [-0.1, -0.05) is 86.9 Å². The van der Waals surface area contributed by atoms with Gasteiger partial charge < -0.3 is 14.9 Å². The highest BCUT2D eigenvalue weighted by Gasteiger charge is 2.04. The van der Waals surface area contributed by atoms with Gasteiger partial charge in [-0.15, -0.1) is 0 Å². The van der Waals surface area contributed by atoms with Crippen LogP contribution in [0.2, 0.25) is 0 Å². The van der Waals surface area contributed by atoms with Crippen LogP contribution >= 0.6 is 0 Å². The summed E-state index contributed by atoms with van der Waals surface area (Å²) in [6, 6.07) is 11.7. The lowest BCUT2D eigenvalue weighted by Gasteiger charge is -2.05. The molecule has 4 heteroatoms. The Bertz CT molecular complexity index is 993. The molecule has 2 rings (SSSR count). The monoisotopic (exact) mass is 488 g/mol. The molecule has 0 radical (unpaired) electrons. The normalized spacial score (nSPS) is 11.9. The third kappa shape index (κ3) is 13.4. The molecule has 2 aromatic rings. The molecule has 0 aliphatic heterocycles. The third-order valence-electron chi connectivity index (χ3n) is 5.54. The van der Waals surface area contributed by atoms with Gasteiger partial charge in [-0.25, -0.2) is 0 Å². The van der Waals surface area contributed by atoms with Crippen LogP contribution in [0.1, 0.15) is 82.3 Å². The number of esters is 1. The van der Waals surface area contributed by atoms with Crippen molar-refractivity contribution in [3.63, 3.8) is 0 Å². The summed E-state index contributed by atoms with van der Waals surface area (Å²) in [6.45, 7) is 2.15. The minimum Gasteiger partial charge on any atom is -0.508 e. The van der Waals surface area contributed by atoms with Crippen molar-refractivity contribution in [2.24, 2.45) is 0 Å². The highest BCUT2D eigenvalue weighted by atomic mass is 16.5. The Hall–Kier alpha value is -3.53. The lowest BCUT2D eigenvalue weighted by atomic mass is 10.1. The van der Waals surface area contributed by atoms with Crippen molar-refractivity contribution in [2.75, 3.05) is 0 Å². The number of rotatable bonds is 16. The predicted octanol–water partition coefficient (Wildman–Crippen LogP) is 8.76. The number of carbonyl (C=O) groups is 1. The number of ether oxygens (including phenoxy) is 1. The SMILES string of the molecule is CCC=CCC=CCC=CCCCCCCCC(=O)Oc1ccc(C=Cc2cc(O)cc(O)c2)cc1. The molecule has 0 spiro atoms. The van der Waals surface area contributed by atoms with Gasteiger partial charge in [0.25, 0.3) is 0 Å². The van der Waals surface area contributed by atoms with Crippen molar-refractivity contribution < 1.29 is 19.7 Å². The average Bonchev–Trinajstić information content (AvgIpc) is 2.85. The zero-order valence-corrected chi connectivity index (χ0v) is 21.4. The summed E-state index contributed by atoms with van der Waals surface area (Å²) in [5.74, 6) is 0.361. The molecule has 0 saturated carbocycles. The molecule has 2 aromatic carbocycles. The fourth-order valence-corrected chi connectivity index (χ4v) is 3.62. The number of unbranched alkanes of at least 4 members (excludes halogenated alkanes) is 5. The molecule has 0 bridgehead atoms. The molecular weight excluding hydrogens is 448 g/mol. The Morgan fingerprint density at radius 1 is 0.722 bits per heavy atom. The number of hydrogen-bond acceptors (Lipinski definition) is 4. The van der Waals surface area contributed by atoms with Crippen LogP contribution in [0.4, 0.5) is 0 Å². The molecule has 0 aromatic heterocycles. The van der Waals surface area contributed by atoms with Crippen molar-refractivity contribution >= 4 is 18.1 Å². The zero-order valence-electron chi connectivity index (χ0n) is 21.4. The molecule has 36 heavy (non-hydrogen) atoms. The summed E-state index contributed by atoms with van der Waals surface area (Å²) >= 11 is 0. The van der Waals surface area contributed by atoms with E-state index in [4.69, 9.17) is 4.74 Å². The second-order valence-electron chi connectivity index (χ2n) is 8.76. The first-order valence-electron chi connectivity index (χ1n) is 13.0. The first kappa shape index (κ1) is 28.7. The van der Waals surface area contributed by atoms with E-state index in [1.165, 1.54) is 18.9 Å². The number of aromatic hydroxyl groups is 2. The number of phenols is 2. The largest absolute Gasteiger partial charge is 0.508 e. The first-order chi connectivity index (χ1) is 17.6. The van der Waals surface area contributed by atoms with Gasteiger partial charge in [0.15, 0.2) is 0 Å². The van der Waals surface area contributed by atoms with Crippen LogP contribution < -0.4 is 4.74 Å². The van der Waals surface area contributed by atoms with Crippen LogP contribution in [0.3, 0.4) is 0 Å². The van der Waals surface area contributed by atoms with E-state index < -0.39 is 0 Å². The molecule has 4 nitrogen and oxygen atoms in total. The molecule has 2 N–H and O–H groups in total. The number of allylic oxidation sites excluding steroid dienone is 6. The quantitative estimate of drug-likeness (QED) is 0.0815. The summed E-state index contributed by atoms with van der Waals surface area (Å²) in [5, 5.41) is 19.1. The van der Waals surface area contributed by atoms with Crippen LogP contribution in [-0.2, 0) is 4.79 Å². The van der Waals surface area contributed by atoms with E-state index in [2.05, 4.69) is 43.4 Å². The van der Waals surface area contributed by atoms with Crippen molar-refractivity contribution in [1.82, 2.24) is 0 Å². The van der Waals surface area contributed by atoms with Gasteiger partial charge in [0.1, 0.15) is 17.2 Å². The molecule has 0 fully saturated rings. The van der Waals surface area contributed by atoms with Gasteiger partial charge in [0.05, 0.1) is 0 Å². The van der Waals surface area contributed by atoms with Crippen LogP contribution in [-0.4, -0.2) is 16.2 Å². The lowest BCUT2D eigenvalue weighted by molar-refractivity contribution is -0.134. The fraction of sp³-hybridized carbons (Fsp3) is 0.344. The third-order valence-corrected chi connectivity index (χ3v) is 5.54. The summed E-state index contributed by atoms with van der Waals surface area (Å²) in [6.07, 6.45) is 27.1. The van der Waals surface area contributed by atoms with Gasteiger partial charge >= 0.3 is 5.97 Å². The summed E-state index contributed by atoms with van der Waals surface area (Å²) in [7, 11) is 0. The van der Waals surface area contributed by atoms with Crippen LogP contribution in [0.5, 0.6) is 17.2 Å². The van der Waals surface area contributed by atoms with Gasteiger partial charge in [0, 0.05) is 12.5 Å². The summed E-state index contributed by atoms with van der Waals surface area (Å²) in [4.78, 5) is 12.1. The average molecular weight is 489 g/mol. The van der Waals surface area contributed by atoms with Gasteiger partial charge in [0.2, 0.25) is 0 Å². The highest BCUT2D eigenvalue weighted by Crippen LogP contribution is 2.22. The standard InChI is InChI=1S/C32H40O4/c1-2-3-4-5-6-7-8-9-10-11-12-13-14-15-16-17-32(35)36-31-22-20-27(21-23-31)18-19-28-24-29(33)26-30(34)25-28/h3-4,6-7,9-10,18-26,33-34H,2,5,8,11-17H2,1H3. The Morgan fingerprint density at radius 2 is 1.31 bits per heavy atom. The fourth-order valence-electron chi connectivity index (χ4n) is 3.62. The van der Waals surface area contributed by atoms with Crippen molar-refractivity contribution in [3.8, 4) is 17.2 Å². The number of benzene rings is 2. The Morgan fingerprint density at radius 3 is 2.00 bits per heavy atom. The minimum atomic E-state index is -0.199. The second kappa shape index (κ2) is 17.8. The summed E-state index contributed by atoms with van der Waals surface area (Å²) < 4.78 is 5.44. The molecular formula is C32H40O4. The Labute approximate surface area is 216 Å². The van der Waals surface area contributed by atoms with E-state index >= 15 is 0 Å².